The van der Waals surface area contributed by atoms with Crippen molar-refractivity contribution in [3.63, 3.8) is 0 Å². The molecule has 1 amide bonds. The number of furan rings is 1. The number of nitrogens with two attached hydrogens (primary N) is 1. The fraction of sp³-hybridized carbons (Fsp3) is 0.250. The minimum atomic E-state index is -3.76. The highest BCUT2D eigenvalue weighted by Gasteiger charge is 2.27. The van der Waals surface area contributed by atoms with Gasteiger partial charge in [-0.15, -0.1) is 10.2 Å². The van der Waals surface area contributed by atoms with Crippen LogP contribution in [-0.4, -0.2) is 37.6 Å². The van der Waals surface area contributed by atoms with Gasteiger partial charge in [0.1, 0.15) is 5.69 Å². The third kappa shape index (κ3) is 4.50. The van der Waals surface area contributed by atoms with Crippen LogP contribution in [0.3, 0.4) is 0 Å². The van der Waals surface area contributed by atoms with Gasteiger partial charge in [0.25, 0.3) is 0 Å². The predicted octanol–water partition coefficient (Wildman–Crippen LogP) is 2.24. The van der Waals surface area contributed by atoms with Gasteiger partial charge in [0, 0.05) is 18.8 Å². The first kappa shape index (κ1) is 20.0. The quantitative estimate of drug-likeness (QED) is 0.638. The van der Waals surface area contributed by atoms with E-state index in [1.807, 2.05) is 23.1 Å². The number of amides is 1. The number of benzene rings is 1. The molecule has 156 valence electrons. The third-order valence-corrected chi connectivity index (χ3v) is 5.92. The Bertz CT molecular complexity index is 1110. The first-order valence-electron chi connectivity index (χ1n) is 9.46. The summed E-state index contributed by atoms with van der Waals surface area (Å²) in [6.45, 7) is 1.32. The minimum Gasteiger partial charge on any atom is -0.463 e. The highest BCUT2D eigenvalue weighted by atomic mass is 32.2. The number of nitrogens with zero attached hydrogens (tertiary/aromatic N) is 3. The molecule has 1 saturated heterocycles. The molecular formula is C20H21N5O4S. The van der Waals surface area contributed by atoms with Gasteiger partial charge in [-0.25, -0.2) is 13.6 Å². The fourth-order valence-electron chi connectivity index (χ4n) is 3.42. The lowest BCUT2D eigenvalue weighted by molar-refractivity contribution is -0.120. The Morgan fingerprint density at radius 3 is 2.57 bits per heavy atom. The van der Waals surface area contributed by atoms with Gasteiger partial charge in [-0.3, -0.25) is 4.79 Å². The van der Waals surface area contributed by atoms with Crippen molar-refractivity contribution in [2.24, 2.45) is 11.1 Å². The molecule has 0 unspecified atom stereocenters. The van der Waals surface area contributed by atoms with Crippen LogP contribution in [0.1, 0.15) is 12.8 Å². The number of aromatic nitrogens is 2. The Balaban J connectivity index is 1.40. The Labute approximate surface area is 174 Å². The van der Waals surface area contributed by atoms with Gasteiger partial charge >= 0.3 is 0 Å². The van der Waals surface area contributed by atoms with Crippen molar-refractivity contribution < 1.29 is 17.6 Å². The van der Waals surface area contributed by atoms with Crippen molar-refractivity contribution in [2.45, 2.75) is 17.7 Å². The molecule has 1 aromatic carbocycles. The average molecular weight is 427 g/mol. The molecule has 10 heteroatoms. The SMILES string of the molecule is NS(=O)(=O)c1ccc(NC(=O)[C@@H]2CCCN(c3ccc(-c4ccco4)nn3)C2)cc1. The van der Waals surface area contributed by atoms with Crippen LogP contribution in [0.25, 0.3) is 11.5 Å². The van der Waals surface area contributed by atoms with Crippen molar-refractivity contribution in [1.82, 2.24) is 10.2 Å². The van der Waals surface area contributed by atoms with Gasteiger partial charge in [0.05, 0.1) is 17.1 Å². The number of nitrogens with one attached hydrogen (secondary N) is 1. The van der Waals surface area contributed by atoms with E-state index in [1.54, 1.807) is 12.3 Å². The number of sulfonamides is 1. The predicted molar refractivity (Wildman–Crippen MR) is 111 cm³/mol. The second kappa shape index (κ2) is 8.25. The van der Waals surface area contributed by atoms with Gasteiger partial charge in [-0.1, -0.05) is 0 Å². The molecule has 1 aliphatic rings. The zero-order valence-electron chi connectivity index (χ0n) is 16.1. The number of carbonyl (C=O) groups excluding carboxylic acids is 1. The molecule has 2 aromatic heterocycles. The number of piperidine rings is 1. The van der Waals surface area contributed by atoms with E-state index in [0.29, 0.717) is 29.5 Å². The van der Waals surface area contributed by atoms with Crippen LogP contribution in [0.15, 0.2) is 64.1 Å². The maximum atomic E-state index is 12.7. The molecule has 1 fully saturated rings. The first-order chi connectivity index (χ1) is 14.4. The summed E-state index contributed by atoms with van der Waals surface area (Å²) in [5.74, 6) is 1.02. The summed E-state index contributed by atoms with van der Waals surface area (Å²) in [6, 6.07) is 13.1. The number of hydrogen-bond donors (Lipinski definition) is 2. The van der Waals surface area contributed by atoms with E-state index in [-0.39, 0.29) is 16.7 Å². The highest BCUT2D eigenvalue weighted by molar-refractivity contribution is 7.89. The topological polar surface area (TPSA) is 131 Å². The molecule has 9 nitrogen and oxygen atoms in total. The minimum absolute atomic E-state index is 0.000843. The first-order valence-corrected chi connectivity index (χ1v) is 11.0. The van der Waals surface area contributed by atoms with Crippen LogP contribution >= 0.6 is 0 Å². The second-order valence-corrected chi connectivity index (χ2v) is 8.66. The number of rotatable bonds is 5. The van der Waals surface area contributed by atoms with Gasteiger partial charge in [0.15, 0.2) is 11.6 Å². The molecule has 0 aliphatic carbocycles. The van der Waals surface area contributed by atoms with Crippen LogP contribution in [0.5, 0.6) is 0 Å². The Morgan fingerprint density at radius 1 is 1.13 bits per heavy atom. The van der Waals surface area contributed by atoms with E-state index in [0.717, 1.165) is 19.4 Å². The summed E-state index contributed by atoms with van der Waals surface area (Å²) in [5, 5.41) is 16.4. The maximum absolute atomic E-state index is 12.7. The van der Waals surface area contributed by atoms with Crippen molar-refractivity contribution in [3.8, 4) is 11.5 Å². The summed E-state index contributed by atoms with van der Waals surface area (Å²) < 4.78 is 28.0. The van der Waals surface area contributed by atoms with Gasteiger partial charge in [0.2, 0.25) is 15.9 Å². The normalized spacial score (nSPS) is 17.0. The molecule has 1 atom stereocenters. The molecule has 3 heterocycles. The van der Waals surface area contributed by atoms with E-state index < -0.39 is 10.0 Å². The number of carbonyl (C=O) groups is 1. The van der Waals surface area contributed by atoms with E-state index in [9.17, 15) is 13.2 Å². The number of primary sulfonamides is 1. The second-order valence-electron chi connectivity index (χ2n) is 7.10. The summed E-state index contributed by atoms with van der Waals surface area (Å²) in [7, 11) is -3.76. The zero-order chi connectivity index (χ0) is 21.1. The summed E-state index contributed by atoms with van der Waals surface area (Å²) >= 11 is 0. The third-order valence-electron chi connectivity index (χ3n) is 4.99. The van der Waals surface area contributed by atoms with Crippen molar-refractivity contribution >= 4 is 27.4 Å². The van der Waals surface area contributed by atoms with Crippen LogP contribution in [0.4, 0.5) is 11.5 Å². The molecule has 4 rings (SSSR count). The zero-order valence-corrected chi connectivity index (χ0v) is 16.9. The largest absolute Gasteiger partial charge is 0.463 e. The van der Waals surface area contributed by atoms with Gasteiger partial charge in [-0.05, 0) is 61.4 Å². The molecule has 3 N–H and O–H groups in total. The van der Waals surface area contributed by atoms with Crippen molar-refractivity contribution in [2.75, 3.05) is 23.3 Å². The molecule has 0 spiro atoms. The summed E-state index contributed by atoms with van der Waals surface area (Å²) in [5.41, 5.74) is 1.17. The molecule has 0 radical (unpaired) electrons. The Hall–Kier alpha value is -3.24. The van der Waals surface area contributed by atoms with Crippen molar-refractivity contribution in [1.29, 1.82) is 0 Å². The van der Waals surface area contributed by atoms with Gasteiger partial charge < -0.3 is 14.6 Å². The highest BCUT2D eigenvalue weighted by Crippen LogP contribution is 2.24. The lowest BCUT2D eigenvalue weighted by atomic mass is 9.97. The van der Waals surface area contributed by atoms with E-state index >= 15 is 0 Å². The lowest BCUT2D eigenvalue weighted by Crippen LogP contribution is -2.41. The summed E-state index contributed by atoms with van der Waals surface area (Å²) in [4.78, 5) is 14.7. The monoisotopic (exact) mass is 427 g/mol. The lowest BCUT2D eigenvalue weighted by Gasteiger charge is -2.32. The average Bonchev–Trinajstić information content (AvgIpc) is 3.29. The van der Waals surface area contributed by atoms with Crippen molar-refractivity contribution in [3.05, 3.63) is 54.8 Å². The Kier molecular flexibility index (Phi) is 5.51. The van der Waals surface area contributed by atoms with Crippen LogP contribution < -0.4 is 15.4 Å². The van der Waals surface area contributed by atoms with Crippen LogP contribution in [-0.2, 0) is 14.8 Å². The van der Waals surface area contributed by atoms with Crippen LogP contribution in [0, 0.1) is 5.92 Å². The van der Waals surface area contributed by atoms with Crippen LogP contribution in [0.2, 0.25) is 0 Å². The van der Waals surface area contributed by atoms with E-state index in [1.165, 1.54) is 24.3 Å². The smallest absolute Gasteiger partial charge is 0.238 e. The molecular weight excluding hydrogens is 406 g/mol. The Morgan fingerprint density at radius 2 is 1.93 bits per heavy atom. The summed E-state index contributed by atoms with van der Waals surface area (Å²) in [6.07, 6.45) is 3.20. The molecule has 0 saturated carbocycles. The van der Waals surface area contributed by atoms with E-state index in [4.69, 9.17) is 9.56 Å². The molecule has 1 aliphatic heterocycles. The standard InChI is InChI=1S/C20H21N5O4S/c21-30(27,28)16-7-5-15(6-8-16)22-20(26)14-3-1-11-25(13-14)19-10-9-17(23-24-19)18-4-2-12-29-18/h2,4-10,12,14H,1,3,11,13H2,(H,22,26)(H2,21,27,28)/t14-/m1/s1. The fourth-order valence-corrected chi connectivity index (χ4v) is 3.94. The van der Waals surface area contributed by atoms with E-state index in [2.05, 4.69) is 15.5 Å². The van der Waals surface area contributed by atoms with Gasteiger partial charge in [-0.2, -0.15) is 0 Å². The maximum Gasteiger partial charge on any atom is 0.238 e. The molecule has 0 bridgehead atoms. The molecule has 30 heavy (non-hydrogen) atoms. The molecule has 3 aromatic rings. The number of hydrogen-bond acceptors (Lipinski definition) is 7. The number of anilines is 2.